The number of esters is 1. The molecule has 6 atom stereocenters. The standard InChI is InChI=1S/C26H33NO2/c1-17(28)29-20-10-12-25(2)19(15-20)6-7-21-23-9-8-22(18-5-4-14-27-16-18)26(23,3)13-11-24(21)25/h4-6,8,14,16,20-21,23-24H,7,9-13,15H2,1-3H3/t20?,21-,23-,24-,25-,26+/m0/s1. The van der Waals surface area contributed by atoms with E-state index in [4.69, 9.17) is 4.74 Å². The van der Waals surface area contributed by atoms with Crippen LogP contribution in [0.1, 0.15) is 71.3 Å². The molecule has 2 fully saturated rings. The highest BCUT2D eigenvalue weighted by Crippen LogP contribution is 2.66. The lowest BCUT2D eigenvalue weighted by atomic mass is 9.47. The number of hydrogen-bond donors (Lipinski definition) is 0. The highest BCUT2D eigenvalue weighted by molar-refractivity contribution is 5.72. The van der Waals surface area contributed by atoms with Gasteiger partial charge in [-0.25, -0.2) is 0 Å². The van der Waals surface area contributed by atoms with E-state index in [1.165, 1.54) is 43.7 Å². The van der Waals surface area contributed by atoms with Crippen molar-refractivity contribution in [2.24, 2.45) is 28.6 Å². The van der Waals surface area contributed by atoms with Gasteiger partial charge in [0, 0.05) is 25.7 Å². The number of allylic oxidation sites excluding steroid dienone is 3. The lowest BCUT2D eigenvalue weighted by Crippen LogP contribution is -2.50. The number of pyridine rings is 1. The predicted molar refractivity (Wildman–Crippen MR) is 115 cm³/mol. The molecule has 4 aliphatic carbocycles. The second kappa shape index (κ2) is 6.82. The van der Waals surface area contributed by atoms with E-state index in [1.54, 1.807) is 5.57 Å². The van der Waals surface area contributed by atoms with Crippen molar-refractivity contribution in [1.29, 1.82) is 0 Å². The van der Waals surface area contributed by atoms with Crippen LogP contribution in [0.25, 0.3) is 5.57 Å². The van der Waals surface area contributed by atoms with Gasteiger partial charge in [-0.15, -0.1) is 0 Å². The van der Waals surface area contributed by atoms with E-state index >= 15 is 0 Å². The van der Waals surface area contributed by atoms with Gasteiger partial charge in [-0.1, -0.05) is 37.6 Å². The van der Waals surface area contributed by atoms with Gasteiger partial charge in [-0.2, -0.15) is 0 Å². The Morgan fingerprint density at radius 3 is 2.69 bits per heavy atom. The largest absolute Gasteiger partial charge is 0.462 e. The fourth-order valence-corrected chi connectivity index (χ4v) is 7.50. The zero-order valence-electron chi connectivity index (χ0n) is 18.0. The van der Waals surface area contributed by atoms with E-state index in [0.29, 0.717) is 0 Å². The van der Waals surface area contributed by atoms with E-state index in [1.807, 2.05) is 12.4 Å². The van der Waals surface area contributed by atoms with Gasteiger partial charge in [0.05, 0.1) is 0 Å². The van der Waals surface area contributed by atoms with E-state index < -0.39 is 0 Å². The number of rotatable bonds is 2. The summed E-state index contributed by atoms with van der Waals surface area (Å²) < 4.78 is 5.58. The van der Waals surface area contributed by atoms with Gasteiger partial charge >= 0.3 is 5.97 Å². The maximum Gasteiger partial charge on any atom is 0.302 e. The minimum absolute atomic E-state index is 0.0857. The fourth-order valence-electron chi connectivity index (χ4n) is 7.50. The molecule has 2 saturated carbocycles. The van der Waals surface area contributed by atoms with Gasteiger partial charge in [0.15, 0.2) is 0 Å². The van der Waals surface area contributed by atoms with E-state index in [2.05, 4.69) is 43.1 Å². The van der Waals surface area contributed by atoms with Crippen LogP contribution in [-0.4, -0.2) is 17.1 Å². The first-order valence-corrected chi connectivity index (χ1v) is 11.4. The van der Waals surface area contributed by atoms with E-state index in [0.717, 1.165) is 37.0 Å². The van der Waals surface area contributed by atoms with Crippen molar-refractivity contribution < 1.29 is 9.53 Å². The molecule has 5 rings (SSSR count). The van der Waals surface area contributed by atoms with Crippen molar-refractivity contribution in [3.8, 4) is 0 Å². The van der Waals surface area contributed by atoms with Crippen LogP contribution in [0.15, 0.2) is 42.3 Å². The van der Waals surface area contributed by atoms with Gasteiger partial charge in [0.2, 0.25) is 0 Å². The van der Waals surface area contributed by atoms with Crippen LogP contribution in [0.3, 0.4) is 0 Å². The number of aromatic nitrogens is 1. The molecule has 1 aromatic heterocycles. The molecular weight excluding hydrogens is 358 g/mol. The van der Waals surface area contributed by atoms with Gasteiger partial charge in [0.25, 0.3) is 0 Å². The second-order valence-corrected chi connectivity index (χ2v) is 10.3. The monoisotopic (exact) mass is 391 g/mol. The Morgan fingerprint density at radius 2 is 1.93 bits per heavy atom. The number of fused-ring (bicyclic) bond motifs is 5. The molecule has 0 aromatic carbocycles. The topological polar surface area (TPSA) is 39.2 Å². The number of ether oxygens (including phenoxy) is 1. The maximum absolute atomic E-state index is 11.4. The Morgan fingerprint density at radius 1 is 1.10 bits per heavy atom. The molecule has 4 aliphatic rings. The molecule has 0 saturated heterocycles. The molecule has 0 bridgehead atoms. The molecule has 0 radical (unpaired) electrons. The van der Waals surface area contributed by atoms with Gasteiger partial charge < -0.3 is 4.74 Å². The third kappa shape index (κ3) is 2.92. The fraction of sp³-hybridized carbons (Fsp3) is 0.615. The predicted octanol–water partition coefficient (Wildman–Crippen LogP) is 5.97. The zero-order chi connectivity index (χ0) is 20.2. The Bertz CT molecular complexity index is 872. The number of nitrogens with zero attached hydrogens (tertiary/aromatic N) is 1. The van der Waals surface area contributed by atoms with E-state index in [9.17, 15) is 4.79 Å². The van der Waals surface area contributed by atoms with Crippen LogP contribution in [-0.2, 0) is 9.53 Å². The Kier molecular flexibility index (Phi) is 4.49. The molecule has 154 valence electrons. The summed E-state index contributed by atoms with van der Waals surface area (Å²) in [5, 5.41) is 0. The van der Waals surface area contributed by atoms with E-state index in [-0.39, 0.29) is 22.9 Å². The van der Waals surface area contributed by atoms with Crippen molar-refractivity contribution in [3.63, 3.8) is 0 Å². The van der Waals surface area contributed by atoms with Gasteiger partial charge in [-0.05, 0) is 84.3 Å². The lowest BCUT2D eigenvalue weighted by molar-refractivity contribution is -0.148. The summed E-state index contributed by atoms with van der Waals surface area (Å²) in [5.41, 5.74) is 4.99. The molecule has 0 amide bonds. The molecule has 0 aliphatic heterocycles. The molecule has 0 N–H and O–H groups in total. The van der Waals surface area contributed by atoms with Crippen LogP contribution in [0.4, 0.5) is 0 Å². The first-order chi connectivity index (χ1) is 13.9. The molecule has 1 heterocycles. The third-order valence-electron chi connectivity index (χ3n) is 8.94. The molecule has 3 heteroatoms. The second-order valence-electron chi connectivity index (χ2n) is 10.3. The molecule has 0 spiro atoms. The van der Waals surface area contributed by atoms with Crippen molar-refractivity contribution >= 4 is 11.5 Å². The minimum Gasteiger partial charge on any atom is -0.462 e. The Hall–Kier alpha value is -1.90. The number of carbonyl (C=O) groups excluding carboxylic acids is 1. The number of hydrogen-bond acceptors (Lipinski definition) is 3. The summed E-state index contributed by atoms with van der Waals surface area (Å²) in [6, 6.07) is 4.30. The van der Waals surface area contributed by atoms with Gasteiger partial charge in [0.1, 0.15) is 6.10 Å². The first kappa shape index (κ1) is 19.1. The highest BCUT2D eigenvalue weighted by Gasteiger charge is 2.56. The summed E-state index contributed by atoms with van der Waals surface area (Å²) in [6.45, 7) is 6.56. The van der Waals surface area contributed by atoms with Crippen LogP contribution < -0.4 is 0 Å². The molecule has 3 nitrogen and oxygen atoms in total. The summed E-state index contributed by atoms with van der Waals surface area (Å²) in [4.78, 5) is 15.8. The molecule has 1 aromatic rings. The van der Waals surface area contributed by atoms with Crippen LogP contribution in [0.5, 0.6) is 0 Å². The average molecular weight is 392 g/mol. The van der Waals surface area contributed by atoms with Crippen molar-refractivity contribution in [2.45, 2.75) is 71.8 Å². The first-order valence-electron chi connectivity index (χ1n) is 11.4. The highest BCUT2D eigenvalue weighted by atomic mass is 16.5. The smallest absolute Gasteiger partial charge is 0.302 e. The number of carbonyl (C=O) groups is 1. The Balaban J connectivity index is 1.41. The molecular formula is C26H33NO2. The lowest BCUT2D eigenvalue weighted by Gasteiger charge is -2.57. The summed E-state index contributed by atoms with van der Waals surface area (Å²) in [6.07, 6.45) is 17.1. The Labute approximate surface area is 174 Å². The van der Waals surface area contributed by atoms with Crippen molar-refractivity contribution in [1.82, 2.24) is 4.98 Å². The molecule has 1 unspecified atom stereocenters. The normalized spacial score (nSPS) is 40.8. The summed E-state index contributed by atoms with van der Waals surface area (Å²) >= 11 is 0. The van der Waals surface area contributed by atoms with Gasteiger partial charge in [-0.3, -0.25) is 9.78 Å². The van der Waals surface area contributed by atoms with Crippen molar-refractivity contribution in [2.75, 3.05) is 0 Å². The van der Waals surface area contributed by atoms with Crippen LogP contribution >= 0.6 is 0 Å². The van der Waals surface area contributed by atoms with Crippen LogP contribution in [0.2, 0.25) is 0 Å². The maximum atomic E-state index is 11.4. The van der Waals surface area contributed by atoms with Crippen LogP contribution in [0, 0.1) is 28.6 Å². The quantitative estimate of drug-likeness (QED) is 0.460. The SMILES string of the molecule is CC(=O)OC1CC[C@@]2(C)C(=CC[C@@H]3[C@@H]2CC[C@]2(C)C(c4cccnc4)=CC[C@@H]32)C1. The third-order valence-corrected chi connectivity index (χ3v) is 8.94. The average Bonchev–Trinajstić information content (AvgIpc) is 3.06. The summed E-state index contributed by atoms with van der Waals surface area (Å²) in [5.74, 6) is 2.12. The minimum atomic E-state index is -0.138. The molecule has 29 heavy (non-hydrogen) atoms. The zero-order valence-corrected chi connectivity index (χ0v) is 18.0. The van der Waals surface area contributed by atoms with Crippen molar-refractivity contribution in [3.05, 3.63) is 47.8 Å². The summed E-state index contributed by atoms with van der Waals surface area (Å²) in [7, 11) is 0.